The maximum Gasteiger partial charge on any atom is 0.263 e. The van der Waals surface area contributed by atoms with E-state index in [0.29, 0.717) is 17.1 Å². The lowest BCUT2D eigenvalue weighted by Gasteiger charge is -2.03. The number of aromatic nitrogens is 2. The van der Waals surface area contributed by atoms with Gasteiger partial charge < -0.3 is 11.1 Å². The monoisotopic (exact) mass is 362 g/mol. The van der Waals surface area contributed by atoms with Crippen LogP contribution < -0.4 is 11.1 Å². The first-order valence-electron chi connectivity index (χ1n) is 6.16. The second-order valence-corrected chi connectivity index (χ2v) is 6.34. The average molecular weight is 363 g/mol. The maximum absolute atomic E-state index is 12.3. The summed E-state index contributed by atoms with van der Waals surface area (Å²) in [4.78, 5) is 20.7. The predicted octanol–water partition coefficient (Wildman–Crippen LogP) is 2.97. The van der Waals surface area contributed by atoms with Crippen molar-refractivity contribution < 1.29 is 4.79 Å². The standard InChI is InChI=1S/C14H11BrN4OS/c15-8-1-2-11-10(5-8)12(16)13(21-11)14(20)18-6-9-3-4-17-7-19-9/h1-5,7H,6,16H2,(H,18,20). The van der Waals surface area contributed by atoms with Gasteiger partial charge in [0.1, 0.15) is 11.2 Å². The number of hydrogen-bond acceptors (Lipinski definition) is 5. The maximum atomic E-state index is 12.3. The fraction of sp³-hybridized carbons (Fsp3) is 0.0714. The molecule has 2 aromatic heterocycles. The number of carbonyl (C=O) groups is 1. The number of nitrogens with one attached hydrogen (secondary N) is 1. The van der Waals surface area contributed by atoms with Gasteiger partial charge in [0.25, 0.3) is 5.91 Å². The van der Waals surface area contributed by atoms with Crippen molar-refractivity contribution in [2.45, 2.75) is 6.54 Å². The van der Waals surface area contributed by atoms with Crippen LogP contribution in [0.5, 0.6) is 0 Å². The molecular weight excluding hydrogens is 352 g/mol. The lowest BCUT2D eigenvalue weighted by molar-refractivity contribution is 0.0955. The van der Waals surface area contributed by atoms with Crippen LogP contribution >= 0.6 is 27.3 Å². The van der Waals surface area contributed by atoms with Crippen molar-refractivity contribution in [3.63, 3.8) is 0 Å². The van der Waals surface area contributed by atoms with E-state index in [4.69, 9.17) is 5.73 Å². The van der Waals surface area contributed by atoms with Gasteiger partial charge in [0.05, 0.1) is 17.9 Å². The lowest BCUT2D eigenvalue weighted by Crippen LogP contribution is -2.23. The van der Waals surface area contributed by atoms with Crippen molar-refractivity contribution in [3.8, 4) is 0 Å². The van der Waals surface area contributed by atoms with E-state index in [2.05, 4.69) is 31.2 Å². The number of halogens is 1. The number of benzene rings is 1. The zero-order chi connectivity index (χ0) is 14.8. The second kappa shape index (κ2) is 5.79. The number of rotatable bonds is 3. The highest BCUT2D eigenvalue weighted by Gasteiger charge is 2.16. The number of carbonyl (C=O) groups excluding carboxylic acids is 1. The van der Waals surface area contributed by atoms with Crippen LogP contribution in [-0.2, 0) is 6.54 Å². The number of thiophene rings is 1. The first-order chi connectivity index (χ1) is 10.1. The van der Waals surface area contributed by atoms with E-state index < -0.39 is 0 Å². The van der Waals surface area contributed by atoms with Crippen molar-refractivity contribution in [3.05, 3.63) is 51.8 Å². The Labute approximate surface area is 133 Å². The van der Waals surface area contributed by atoms with Gasteiger partial charge in [0.2, 0.25) is 0 Å². The summed E-state index contributed by atoms with van der Waals surface area (Å²) in [7, 11) is 0. The quantitative estimate of drug-likeness (QED) is 0.750. The van der Waals surface area contributed by atoms with Crippen LogP contribution in [0.4, 0.5) is 5.69 Å². The van der Waals surface area contributed by atoms with Crippen LogP contribution in [0.1, 0.15) is 15.4 Å². The Kier molecular flexibility index (Phi) is 3.85. The average Bonchev–Trinajstić information content (AvgIpc) is 2.83. The topological polar surface area (TPSA) is 80.9 Å². The van der Waals surface area contributed by atoms with Crippen LogP contribution in [0.15, 0.2) is 41.3 Å². The predicted molar refractivity (Wildman–Crippen MR) is 87.1 cm³/mol. The summed E-state index contributed by atoms with van der Waals surface area (Å²) in [5.74, 6) is -0.191. The summed E-state index contributed by atoms with van der Waals surface area (Å²) in [5.41, 5.74) is 7.34. The molecule has 3 aromatic rings. The van der Waals surface area contributed by atoms with Gasteiger partial charge in [-0.15, -0.1) is 11.3 Å². The van der Waals surface area contributed by atoms with Crippen LogP contribution in [0.3, 0.4) is 0 Å². The van der Waals surface area contributed by atoms with E-state index in [-0.39, 0.29) is 5.91 Å². The molecule has 0 unspecified atom stereocenters. The third kappa shape index (κ3) is 2.88. The minimum Gasteiger partial charge on any atom is -0.397 e. The molecule has 0 bridgehead atoms. The highest BCUT2D eigenvalue weighted by molar-refractivity contribution is 9.10. The summed E-state index contributed by atoms with van der Waals surface area (Å²) in [5, 5.41) is 3.71. The molecule has 5 nitrogen and oxygen atoms in total. The molecule has 0 aliphatic carbocycles. The third-order valence-electron chi connectivity index (χ3n) is 2.97. The van der Waals surface area contributed by atoms with Gasteiger partial charge in [-0.2, -0.15) is 0 Å². The van der Waals surface area contributed by atoms with E-state index in [1.54, 1.807) is 12.3 Å². The van der Waals surface area contributed by atoms with Crippen molar-refractivity contribution >= 4 is 48.9 Å². The molecule has 3 N–H and O–H groups in total. The molecule has 2 heterocycles. The Hall–Kier alpha value is -1.99. The minimum absolute atomic E-state index is 0.191. The van der Waals surface area contributed by atoms with Gasteiger partial charge in [0, 0.05) is 20.8 Å². The number of nitrogen functional groups attached to an aromatic ring is 1. The Morgan fingerprint density at radius 2 is 2.24 bits per heavy atom. The van der Waals surface area contributed by atoms with E-state index in [1.165, 1.54) is 17.7 Å². The fourth-order valence-electron chi connectivity index (χ4n) is 1.93. The summed E-state index contributed by atoms with van der Waals surface area (Å²) >= 11 is 4.79. The van der Waals surface area contributed by atoms with Crippen LogP contribution in [0.2, 0.25) is 0 Å². The van der Waals surface area contributed by atoms with E-state index >= 15 is 0 Å². The molecule has 0 saturated heterocycles. The van der Waals surface area contributed by atoms with Crippen LogP contribution in [0, 0.1) is 0 Å². The van der Waals surface area contributed by atoms with Gasteiger partial charge in [-0.05, 0) is 24.3 Å². The molecule has 0 aliphatic rings. The first kappa shape index (κ1) is 14.0. The molecule has 0 saturated carbocycles. The number of fused-ring (bicyclic) bond motifs is 1. The molecule has 0 radical (unpaired) electrons. The zero-order valence-corrected chi connectivity index (χ0v) is 13.2. The number of anilines is 1. The minimum atomic E-state index is -0.191. The Morgan fingerprint density at radius 3 is 3.00 bits per heavy atom. The highest BCUT2D eigenvalue weighted by Crippen LogP contribution is 2.35. The van der Waals surface area contributed by atoms with E-state index in [9.17, 15) is 4.79 Å². The number of hydrogen-bond donors (Lipinski definition) is 2. The molecule has 1 amide bonds. The van der Waals surface area contributed by atoms with Crippen molar-refractivity contribution in [2.24, 2.45) is 0 Å². The number of nitrogens with two attached hydrogens (primary N) is 1. The summed E-state index contributed by atoms with van der Waals surface area (Å²) in [6, 6.07) is 7.55. The second-order valence-electron chi connectivity index (χ2n) is 4.37. The zero-order valence-electron chi connectivity index (χ0n) is 10.8. The van der Waals surface area contributed by atoms with Gasteiger partial charge >= 0.3 is 0 Å². The molecule has 106 valence electrons. The summed E-state index contributed by atoms with van der Waals surface area (Å²) in [6.07, 6.45) is 3.09. The van der Waals surface area contributed by atoms with Gasteiger partial charge in [-0.1, -0.05) is 15.9 Å². The van der Waals surface area contributed by atoms with E-state index in [0.717, 1.165) is 20.3 Å². The van der Waals surface area contributed by atoms with Crippen LogP contribution in [-0.4, -0.2) is 15.9 Å². The molecule has 0 spiro atoms. The Morgan fingerprint density at radius 1 is 1.38 bits per heavy atom. The van der Waals surface area contributed by atoms with Gasteiger partial charge in [0.15, 0.2) is 0 Å². The highest BCUT2D eigenvalue weighted by atomic mass is 79.9. The summed E-state index contributed by atoms with van der Waals surface area (Å²) in [6.45, 7) is 0.346. The molecule has 21 heavy (non-hydrogen) atoms. The molecule has 0 fully saturated rings. The lowest BCUT2D eigenvalue weighted by atomic mass is 10.2. The molecule has 3 rings (SSSR count). The first-order valence-corrected chi connectivity index (χ1v) is 7.76. The van der Waals surface area contributed by atoms with Crippen molar-refractivity contribution in [1.29, 1.82) is 0 Å². The van der Waals surface area contributed by atoms with E-state index in [1.807, 2.05) is 18.2 Å². The fourth-order valence-corrected chi connectivity index (χ4v) is 3.31. The van der Waals surface area contributed by atoms with Crippen LogP contribution in [0.25, 0.3) is 10.1 Å². The Balaban J connectivity index is 1.83. The normalized spacial score (nSPS) is 10.7. The SMILES string of the molecule is Nc1c(C(=O)NCc2ccncn2)sc2ccc(Br)cc12. The molecule has 0 atom stereocenters. The molecule has 7 heteroatoms. The summed E-state index contributed by atoms with van der Waals surface area (Å²) < 4.78 is 1.93. The third-order valence-corrected chi connectivity index (χ3v) is 4.65. The molecule has 1 aromatic carbocycles. The Bertz CT molecular complexity index is 803. The van der Waals surface area contributed by atoms with Crippen molar-refractivity contribution in [1.82, 2.24) is 15.3 Å². The van der Waals surface area contributed by atoms with Crippen molar-refractivity contribution in [2.75, 3.05) is 5.73 Å². The van der Waals surface area contributed by atoms with Gasteiger partial charge in [-0.3, -0.25) is 4.79 Å². The smallest absolute Gasteiger partial charge is 0.263 e. The number of amides is 1. The molecular formula is C14H11BrN4OS. The van der Waals surface area contributed by atoms with Gasteiger partial charge in [-0.25, -0.2) is 9.97 Å². The largest absolute Gasteiger partial charge is 0.397 e. The number of nitrogens with zero attached hydrogens (tertiary/aromatic N) is 2. The molecule has 0 aliphatic heterocycles.